The van der Waals surface area contributed by atoms with Gasteiger partial charge in [0.2, 0.25) is 5.91 Å². The summed E-state index contributed by atoms with van der Waals surface area (Å²) in [5.74, 6) is -1.17. The third kappa shape index (κ3) is 5.11. The number of carbonyl (C=O) groups is 2. The van der Waals surface area contributed by atoms with E-state index in [1.807, 2.05) is 13.8 Å². The zero-order chi connectivity index (χ0) is 31.5. The van der Waals surface area contributed by atoms with Gasteiger partial charge in [-0.2, -0.15) is 5.10 Å². The number of primary amides is 1. The minimum atomic E-state index is -4.07. The molecule has 0 aliphatic carbocycles. The molecule has 1 saturated heterocycles. The van der Waals surface area contributed by atoms with Crippen molar-refractivity contribution in [3.05, 3.63) is 75.7 Å². The number of methoxy groups -OCH3 is 1. The highest BCUT2D eigenvalue weighted by Crippen LogP contribution is 2.46. The van der Waals surface area contributed by atoms with Crippen LogP contribution in [0.4, 0.5) is 0 Å². The molecule has 0 unspecified atom stereocenters. The molecule has 6 rings (SSSR count). The van der Waals surface area contributed by atoms with E-state index in [0.29, 0.717) is 56.8 Å². The van der Waals surface area contributed by atoms with Crippen LogP contribution in [0.5, 0.6) is 5.75 Å². The molecule has 3 N–H and O–H groups in total. The van der Waals surface area contributed by atoms with Gasteiger partial charge in [0.25, 0.3) is 5.91 Å². The predicted molar refractivity (Wildman–Crippen MR) is 166 cm³/mol. The number of nitrogens with two attached hydrogens (primary N) is 1. The number of sulfone groups is 1. The van der Waals surface area contributed by atoms with Crippen molar-refractivity contribution < 1.29 is 22.7 Å². The third-order valence-corrected chi connectivity index (χ3v) is 10.0. The summed E-state index contributed by atoms with van der Waals surface area (Å²) in [5.41, 5.74) is 8.06. The second kappa shape index (κ2) is 11.2. The van der Waals surface area contributed by atoms with Gasteiger partial charge in [-0.05, 0) is 55.8 Å². The van der Waals surface area contributed by atoms with Crippen molar-refractivity contribution >= 4 is 44.9 Å². The van der Waals surface area contributed by atoms with E-state index in [2.05, 4.69) is 15.4 Å². The standard InChI is InChI=1S/C30H28Cl2N6O5S/c1-15-10-34-11-16(2)37(15)30(40)26-28-27(38(36-26)22-7-20(31)6-21(32)8-22)24-9-23(17-4-18(29(33)39)13-35-12-17)25(43-3)5-19(24)14-44(28,41)42/h4-9,12-13,15-16,34H,10-11,14H2,1-3H3,(H2,33,39)/t15-,16+. The van der Waals surface area contributed by atoms with Gasteiger partial charge in [-0.3, -0.25) is 14.6 Å². The summed E-state index contributed by atoms with van der Waals surface area (Å²) < 4.78 is 35.2. The number of nitrogens with zero attached hydrogens (tertiary/aromatic N) is 4. The molecule has 14 heteroatoms. The summed E-state index contributed by atoms with van der Waals surface area (Å²) in [6.07, 6.45) is 2.91. The maximum Gasteiger partial charge on any atom is 0.276 e. The number of carbonyl (C=O) groups excluding carboxylic acids is 2. The molecule has 2 aliphatic heterocycles. The molecule has 2 atom stereocenters. The van der Waals surface area contributed by atoms with Gasteiger partial charge in [0, 0.05) is 64.3 Å². The molecular formula is C30H28Cl2N6O5S. The number of benzene rings is 2. The van der Waals surface area contributed by atoms with Crippen LogP contribution in [-0.2, 0) is 15.6 Å². The Kier molecular flexibility index (Phi) is 7.65. The molecule has 4 heterocycles. The van der Waals surface area contributed by atoms with Crippen LogP contribution in [0, 0.1) is 0 Å². The number of halogens is 2. The van der Waals surface area contributed by atoms with Crippen LogP contribution in [0.15, 0.2) is 53.7 Å². The molecule has 2 aliphatic rings. The number of piperazine rings is 1. The van der Waals surface area contributed by atoms with Crippen LogP contribution in [-0.4, -0.2) is 72.2 Å². The highest BCUT2D eigenvalue weighted by Gasteiger charge is 2.42. The zero-order valence-electron chi connectivity index (χ0n) is 24.0. The smallest absolute Gasteiger partial charge is 0.276 e. The molecule has 0 bridgehead atoms. The van der Waals surface area contributed by atoms with Gasteiger partial charge in [0.05, 0.1) is 29.8 Å². The maximum atomic E-state index is 14.2. The largest absolute Gasteiger partial charge is 0.496 e. The first kappa shape index (κ1) is 30.1. The molecule has 11 nitrogen and oxygen atoms in total. The molecular weight excluding hydrogens is 627 g/mol. The summed E-state index contributed by atoms with van der Waals surface area (Å²) in [6.45, 7) is 4.91. The summed E-state index contributed by atoms with van der Waals surface area (Å²) in [6, 6.07) is 9.29. The van der Waals surface area contributed by atoms with Gasteiger partial charge in [-0.1, -0.05) is 23.2 Å². The van der Waals surface area contributed by atoms with E-state index in [9.17, 15) is 18.0 Å². The van der Waals surface area contributed by atoms with Gasteiger partial charge in [-0.25, -0.2) is 13.1 Å². The van der Waals surface area contributed by atoms with E-state index in [4.69, 9.17) is 33.7 Å². The first-order valence-electron chi connectivity index (χ1n) is 13.7. The van der Waals surface area contributed by atoms with Crippen LogP contribution in [0.2, 0.25) is 10.0 Å². The molecule has 228 valence electrons. The van der Waals surface area contributed by atoms with Crippen LogP contribution in [0.1, 0.15) is 40.3 Å². The lowest BCUT2D eigenvalue weighted by atomic mass is 9.96. The second-order valence-electron chi connectivity index (χ2n) is 10.9. The third-order valence-electron chi connectivity index (χ3n) is 7.87. The lowest BCUT2D eigenvalue weighted by Gasteiger charge is -2.39. The first-order chi connectivity index (χ1) is 20.9. The monoisotopic (exact) mass is 654 g/mol. The van der Waals surface area contributed by atoms with Gasteiger partial charge in [0.15, 0.2) is 15.5 Å². The Morgan fingerprint density at radius 3 is 2.32 bits per heavy atom. The predicted octanol–water partition coefficient (Wildman–Crippen LogP) is 4.13. The van der Waals surface area contributed by atoms with Crippen molar-refractivity contribution in [2.75, 3.05) is 20.2 Å². The summed E-state index contributed by atoms with van der Waals surface area (Å²) in [7, 11) is -2.61. The quantitative estimate of drug-likeness (QED) is 0.326. The lowest BCUT2D eigenvalue weighted by molar-refractivity contribution is 0.0533. The molecule has 2 aromatic heterocycles. The van der Waals surface area contributed by atoms with Crippen LogP contribution in [0.25, 0.3) is 28.1 Å². The fourth-order valence-corrected chi connectivity index (χ4v) is 8.15. The average Bonchev–Trinajstić information content (AvgIpc) is 3.38. The van der Waals surface area contributed by atoms with Crippen LogP contribution in [0.3, 0.4) is 0 Å². The van der Waals surface area contributed by atoms with Crippen LogP contribution >= 0.6 is 23.2 Å². The molecule has 44 heavy (non-hydrogen) atoms. The second-order valence-corrected chi connectivity index (χ2v) is 13.7. The normalized spacial score (nSPS) is 18.8. The van der Waals surface area contributed by atoms with E-state index in [0.717, 1.165) is 0 Å². The van der Waals surface area contributed by atoms with E-state index in [-0.39, 0.29) is 39.7 Å². The highest BCUT2D eigenvalue weighted by atomic mass is 35.5. The molecule has 0 spiro atoms. The minimum absolute atomic E-state index is 0.177. The summed E-state index contributed by atoms with van der Waals surface area (Å²) in [5, 5.41) is 8.56. The van der Waals surface area contributed by atoms with E-state index >= 15 is 0 Å². The van der Waals surface area contributed by atoms with Crippen molar-refractivity contribution in [3.63, 3.8) is 0 Å². The molecule has 0 saturated carbocycles. The first-order valence-corrected chi connectivity index (χ1v) is 16.1. The van der Waals surface area contributed by atoms with E-state index in [1.54, 1.807) is 47.5 Å². The van der Waals surface area contributed by atoms with Gasteiger partial charge in [-0.15, -0.1) is 0 Å². The number of amides is 2. The topological polar surface area (TPSA) is 150 Å². The van der Waals surface area contributed by atoms with Crippen molar-refractivity contribution in [3.8, 4) is 33.8 Å². The Bertz CT molecular complexity index is 1930. The van der Waals surface area contributed by atoms with Gasteiger partial charge >= 0.3 is 0 Å². The van der Waals surface area contributed by atoms with Crippen molar-refractivity contribution in [1.29, 1.82) is 0 Å². The van der Waals surface area contributed by atoms with Crippen molar-refractivity contribution in [2.45, 2.75) is 36.6 Å². The number of aromatic nitrogens is 3. The number of hydrogen-bond acceptors (Lipinski definition) is 8. The number of hydrogen-bond donors (Lipinski definition) is 2. The Hall–Kier alpha value is -3.97. The summed E-state index contributed by atoms with van der Waals surface area (Å²) in [4.78, 5) is 31.8. The minimum Gasteiger partial charge on any atom is -0.496 e. The van der Waals surface area contributed by atoms with E-state index < -0.39 is 21.7 Å². The zero-order valence-corrected chi connectivity index (χ0v) is 26.3. The van der Waals surface area contributed by atoms with Crippen molar-refractivity contribution in [2.24, 2.45) is 5.73 Å². The Morgan fingerprint density at radius 1 is 1.00 bits per heavy atom. The number of fused-ring (bicyclic) bond motifs is 3. The van der Waals surface area contributed by atoms with E-state index in [1.165, 1.54) is 18.0 Å². The number of ether oxygens (including phenoxy) is 1. The fraction of sp³-hybridized carbons (Fsp3) is 0.267. The Labute approximate surface area is 263 Å². The summed E-state index contributed by atoms with van der Waals surface area (Å²) >= 11 is 12.7. The molecule has 0 radical (unpaired) electrons. The highest BCUT2D eigenvalue weighted by molar-refractivity contribution is 7.91. The molecule has 2 amide bonds. The fourth-order valence-electron chi connectivity index (χ4n) is 5.93. The van der Waals surface area contributed by atoms with Gasteiger partial charge < -0.3 is 20.7 Å². The molecule has 1 fully saturated rings. The van der Waals surface area contributed by atoms with Crippen molar-refractivity contribution in [1.82, 2.24) is 25.0 Å². The SMILES string of the molecule is COc1cc2c(cc1-c1cncc(C(N)=O)c1)-c1c(c(C(=O)N3[C@H](C)CNC[C@@H]3C)nn1-c1cc(Cl)cc(Cl)c1)S(=O)(=O)C2. The van der Waals surface area contributed by atoms with Gasteiger partial charge in [0.1, 0.15) is 10.6 Å². The lowest BCUT2D eigenvalue weighted by Crippen LogP contribution is -2.57. The molecule has 2 aromatic carbocycles. The molecule has 4 aromatic rings. The Morgan fingerprint density at radius 2 is 1.68 bits per heavy atom. The maximum absolute atomic E-state index is 14.2. The van der Waals surface area contributed by atoms with Crippen LogP contribution < -0.4 is 15.8 Å². The average molecular weight is 656 g/mol. The number of nitrogens with one attached hydrogen (secondary N) is 1. The number of pyridine rings is 1. The number of rotatable bonds is 5. The Balaban J connectivity index is 1.66.